The molecule has 0 aliphatic heterocycles. The third-order valence-electron chi connectivity index (χ3n) is 7.36. The van der Waals surface area contributed by atoms with E-state index in [-0.39, 0.29) is 92.4 Å². The zero-order valence-corrected chi connectivity index (χ0v) is 24.8. The van der Waals surface area contributed by atoms with Crippen molar-refractivity contribution in [2.24, 2.45) is 23.7 Å². The molecule has 0 aliphatic carbocycles. The van der Waals surface area contributed by atoms with Crippen LogP contribution in [0.5, 0.6) is 0 Å². The van der Waals surface area contributed by atoms with Gasteiger partial charge < -0.3 is 40.9 Å². The van der Waals surface area contributed by atoms with Crippen molar-refractivity contribution in [3.63, 3.8) is 0 Å². The van der Waals surface area contributed by atoms with Crippen LogP contribution in [0.15, 0.2) is 0 Å². The fraction of sp³-hybridized carbons (Fsp3) is 1.00. The number of hydrogen-bond donors (Lipinski definition) is 8. The molecule has 0 saturated heterocycles. The Labute approximate surface area is 228 Å². The normalized spacial score (nSPS) is 12.5. The smallest absolute Gasteiger partial charge is 0.0481 e. The van der Waals surface area contributed by atoms with Gasteiger partial charge in [-0.2, -0.15) is 0 Å². The van der Waals surface area contributed by atoms with Crippen LogP contribution in [0.4, 0.5) is 0 Å². The first kappa shape index (κ1) is 37.5. The van der Waals surface area contributed by atoms with Gasteiger partial charge in [0.1, 0.15) is 0 Å². The molecule has 0 aromatic carbocycles. The maximum Gasteiger partial charge on any atom is 0.0481 e. The van der Waals surface area contributed by atoms with Crippen LogP contribution in [-0.4, -0.2) is 131 Å². The number of aliphatic hydroxyl groups excluding tert-OH is 8. The van der Waals surface area contributed by atoms with E-state index in [2.05, 4.69) is 0 Å². The van der Waals surface area contributed by atoms with Gasteiger partial charge in [0.15, 0.2) is 0 Å². The summed E-state index contributed by atoms with van der Waals surface area (Å²) in [6, 6.07) is 0. The summed E-state index contributed by atoms with van der Waals surface area (Å²) in [5.41, 5.74) is 0. The van der Waals surface area contributed by atoms with Gasteiger partial charge >= 0.3 is 0 Å². The highest BCUT2D eigenvalue weighted by Crippen LogP contribution is 2.44. The number of rotatable bonds is 28. The first-order valence-electron chi connectivity index (χ1n) is 14.3. The van der Waals surface area contributed by atoms with Gasteiger partial charge in [0, 0.05) is 76.5 Å². The van der Waals surface area contributed by atoms with Crippen molar-refractivity contribution in [3.8, 4) is 0 Å². The summed E-state index contributed by atoms with van der Waals surface area (Å²) >= 11 is 0. The molecule has 0 bridgehead atoms. The van der Waals surface area contributed by atoms with Gasteiger partial charge in [-0.3, -0.25) is 0 Å². The second kappa shape index (κ2) is 26.7. The standard InChI is InChI=1S/C27H58O8P2/c28-16-24(17-29)6-1-10-36(11-2-7-25(18-30)19-31)14-5-15-37(12-3-8-26(20-32)21-33)13-4-9-27(22-34)23-35/h24-35H,1-23H2. The minimum Gasteiger partial charge on any atom is -0.396 e. The van der Waals surface area contributed by atoms with Crippen LogP contribution >= 0.6 is 15.8 Å². The van der Waals surface area contributed by atoms with Gasteiger partial charge in [0.25, 0.3) is 0 Å². The third kappa shape index (κ3) is 20.1. The highest BCUT2D eigenvalue weighted by molar-refractivity contribution is 7.58. The van der Waals surface area contributed by atoms with Crippen LogP contribution in [0, 0.1) is 23.7 Å². The lowest BCUT2D eigenvalue weighted by atomic mass is 10.1. The molecule has 8 nitrogen and oxygen atoms in total. The minimum absolute atomic E-state index is 0.0221. The van der Waals surface area contributed by atoms with Crippen molar-refractivity contribution in [3.05, 3.63) is 0 Å². The molecule has 0 fully saturated rings. The van der Waals surface area contributed by atoms with Crippen LogP contribution in [0.3, 0.4) is 0 Å². The SMILES string of the molecule is OCC(CO)CCCP(CCCC(CO)CO)CCCP(CCCC(CO)CO)CCCC(CO)CO. The highest BCUT2D eigenvalue weighted by atomic mass is 31.1. The largest absolute Gasteiger partial charge is 0.396 e. The van der Waals surface area contributed by atoms with Gasteiger partial charge in [-0.15, -0.1) is 15.8 Å². The van der Waals surface area contributed by atoms with E-state index < -0.39 is 0 Å². The minimum atomic E-state index is -0.178. The number of aliphatic hydroxyl groups is 8. The molecule has 0 amide bonds. The van der Waals surface area contributed by atoms with Crippen molar-refractivity contribution in [2.45, 2.75) is 57.8 Å². The van der Waals surface area contributed by atoms with Gasteiger partial charge in [0.05, 0.1) is 0 Å². The summed E-state index contributed by atoms with van der Waals surface area (Å²) in [5.74, 6) is -0.162. The predicted octanol–water partition coefficient (Wildman–Crippen LogP) is 1.86. The summed E-state index contributed by atoms with van der Waals surface area (Å²) in [5, 5.41) is 74.9. The molecule has 0 heterocycles. The first-order valence-corrected chi connectivity index (χ1v) is 18.1. The van der Waals surface area contributed by atoms with Gasteiger partial charge in [-0.1, -0.05) is 0 Å². The molecule has 0 saturated carbocycles. The predicted molar refractivity (Wildman–Crippen MR) is 155 cm³/mol. The van der Waals surface area contributed by atoms with Crippen molar-refractivity contribution in [2.75, 3.05) is 89.8 Å². The summed E-state index contributed by atoms with van der Waals surface area (Å²) < 4.78 is 0. The van der Waals surface area contributed by atoms with E-state index in [1.807, 2.05) is 0 Å². The Kier molecular flexibility index (Phi) is 27.1. The van der Waals surface area contributed by atoms with Crippen molar-refractivity contribution in [1.29, 1.82) is 0 Å². The zero-order chi connectivity index (χ0) is 27.7. The average Bonchev–Trinajstić information content (AvgIpc) is 2.93. The Morgan fingerprint density at radius 1 is 0.297 bits per heavy atom. The molecule has 0 unspecified atom stereocenters. The van der Waals surface area contributed by atoms with Crippen molar-refractivity contribution < 1.29 is 40.9 Å². The molecule has 0 radical (unpaired) electrons. The van der Waals surface area contributed by atoms with E-state index in [0.717, 1.165) is 82.4 Å². The third-order valence-corrected chi connectivity index (χ3v) is 13.1. The van der Waals surface area contributed by atoms with E-state index in [9.17, 15) is 40.9 Å². The summed E-state index contributed by atoms with van der Waals surface area (Å²) in [6.07, 6.45) is 15.4. The lowest BCUT2D eigenvalue weighted by molar-refractivity contribution is 0.143. The quantitative estimate of drug-likeness (QED) is 0.0659. The molecule has 0 aromatic rings. The molecule has 0 rings (SSSR count). The van der Waals surface area contributed by atoms with Gasteiger partial charge in [0.2, 0.25) is 0 Å². The Morgan fingerprint density at radius 2 is 0.486 bits per heavy atom. The van der Waals surface area contributed by atoms with Crippen LogP contribution in [0.2, 0.25) is 0 Å². The molecule has 8 N–H and O–H groups in total. The van der Waals surface area contributed by atoms with Crippen LogP contribution < -0.4 is 0 Å². The van der Waals surface area contributed by atoms with E-state index in [1.165, 1.54) is 12.3 Å². The molecule has 0 aliphatic rings. The molecule has 0 spiro atoms. The zero-order valence-electron chi connectivity index (χ0n) is 23.0. The second-order valence-electron chi connectivity index (χ2n) is 10.5. The summed E-state index contributed by atoms with van der Waals surface area (Å²) in [6.45, 7) is 0.176. The maximum absolute atomic E-state index is 9.37. The average molecular weight is 573 g/mol. The second-order valence-corrected chi connectivity index (χ2v) is 15.9. The van der Waals surface area contributed by atoms with E-state index in [1.54, 1.807) is 0 Å². The fourth-order valence-corrected chi connectivity index (χ4v) is 9.89. The molecule has 0 aromatic heterocycles. The van der Waals surface area contributed by atoms with Gasteiger partial charge in [-0.25, -0.2) is 0 Å². The fourth-order valence-electron chi connectivity index (χ4n) is 4.56. The Balaban J connectivity index is 4.82. The maximum atomic E-state index is 9.37. The van der Waals surface area contributed by atoms with E-state index >= 15 is 0 Å². The lowest BCUT2D eigenvalue weighted by Crippen LogP contribution is -2.13. The van der Waals surface area contributed by atoms with E-state index in [4.69, 9.17) is 0 Å². The molecular weight excluding hydrogens is 514 g/mol. The van der Waals surface area contributed by atoms with Crippen LogP contribution in [0.25, 0.3) is 0 Å². The van der Waals surface area contributed by atoms with E-state index in [0.29, 0.717) is 0 Å². The Bertz CT molecular complexity index is 386. The Hall–Kier alpha value is 0.540. The summed E-state index contributed by atoms with van der Waals surface area (Å²) in [4.78, 5) is 0. The van der Waals surface area contributed by atoms with Crippen molar-refractivity contribution in [1.82, 2.24) is 0 Å². The van der Waals surface area contributed by atoms with Crippen LogP contribution in [0.1, 0.15) is 57.8 Å². The first-order chi connectivity index (χ1) is 18.0. The number of hydrogen-bond acceptors (Lipinski definition) is 8. The van der Waals surface area contributed by atoms with Crippen molar-refractivity contribution >= 4 is 15.8 Å². The molecular formula is C27H58O8P2. The lowest BCUT2D eigenvalue weighted by Gasteiger charge is -2.23. The molecule has 37 heavy (non-hydrogen) atoms. The van der Waals surface area contributed by atoms with Gasteiger partial charge in [-0.05, 0) is 94.8 Å². The monoisotopic (exact) mass is 572 g/mol. The Morgan fingerprint density at radius 3 is 0.676 bits per heavy atom. The molecule has 10 heteroatoms. The van der Waals surface area contributed by atoms with Crippen LogP contribution in [-0.2, 0) is 0 Å². The topological polar surface area (TPSA) is 162 Å². The highest BCUT2D eigenvalue weighted by Gasteiger charge is 2.16. The molecule has 0 atom stereocenters. The molecule has 224 valence electrons. The summed E-state index contributed by atoms with van der Waals surface area (Å²) in [7, 11) is -0.356.